The molecule has 3 heteroatoms. The van der Waals surface area contributed by atoms with Crippen molar-refractivity contribution in [1.29, 1.82) is 0 Å². The van der Waals surface area contributed by atoms with Crippen LogP contribution in [-0.4, -0.2) is 29.7 Å². The van der Waals surface area contributed by atoms with E-state index in [-0.39, 0.29) is 12.4 Å². The first kappa shape index (κ1) is 14.0. The molecule has 0 saturated carbocycles. The normalized spacial score (nSPS) is 15.9. The number of rotatable bonds is 3. The number of likely N-dealkylation sites (tertiary alicyclic amines) is 1. The van der Waals surface area contributed by atoms with E-state index < -0.39 is 0 Å². The molecule has 1 heterocycles. The molecule has 0 aliphatic carbocycles. The third kappa shape index (κ3) is 4.34. The lowest BCUT2D eigenvalue weighted by Crippen LogP contribution is -2.29. The Kier molecular flexibility index (Phi) is 5.38. The van der Waals surface area contributed by atoms with Gasteiger partial charge in [0.2, 0.25) is 0 Å². The zero-order valence-electron chi connectivity index (χ0n) is 11.2. The van der Waals surface area contributed by atoms with Gasteiger partial charge in [0.25, 0.3) is 0 Å². The lowest BCUT2D eigenvalue weighted by molar-refractivity contribution is 0.220. The van der Waals surface area contributed by atoms with Crippen molar-refractivity contribution in [2.45, 2.75) is 32.2 Å². The maximum atomic E-state index is 13.3. The Bertz CT molecular complexity index is 469. The van der Waals surface area contributed by atoms with Crippen LogP contribution in [0.3, 0.4) is 0 Å². The van der Waals surface area contributed by atoms with Gasteiger partial charge in [-0.05, 0) is 43.6 Å². The van der Waals surface area contributed by atoms with Crippen molar-refractivity contribution in [2.75, 3.05) is 19.7 Å². The van der Waals surface area contributed by atoms with Crippen LogP contribution in [0, 0.1) is 17.7 Å². The van der Waals surface area contributed by atoms with Gasteiger partial charge < -0.3 is 5.11 Å². The molecule has 102 valence electrons. The third-order valence-corrected chi connectivity index (χ3v) is 3.37. The predicted octanol–water partition coefficient (Wildman–Crippen LogP) is 2.55. The molecular formula is C16H20FNO. The number of benzene rings is 1. The molecule has 1 aromatic carbocycles. The second-order valence-corrected chi connectivity index (χ2v) is 4.91. The summed E-state index contributed by atoms with van der Waals surface area (Å²) < 4.78 is 13.3. The van der Waals surface area contributed by atoms with E-state index in [4.69, 9.17) is 5.11 Å². The molecule has 19 heavy (non-hydrogen) atoms. The number of halogens is 1. The first-order chi connectivity index (χ1) is 9.29. The molecule has 0 amide bonds. The Balaban J connectivity index is 2.12. The molecule has 0 atom stereocenters. The topological polar surface area (TPSA) is 23.5 Å². The molecule has 1 aromatic rings. The minimum atomic E-state index is -0.254. The number of aliphatic hydroxyl groups excluding tert-OH is 1. The van der Waals surface area contributed by atoms with Gasteiger partial charge in [-0.3, -0.25) is 4.90 Å². The van der Waals surface area contributed by atoms with Crippen molar-refractivity contribution in [3.63, 3.8) is 0 Å². The van der Waals surface area contributed by atoms with Crippen molar-refractivity contribution >= 4 is 0 Å². The quantitative estimate of drug-likeness (QED) is 0.845. The van der Waals surface area contributed by atoms with Crippen LogP contribution in [0.15, 0.2) is 18.2 Å². The van der Waals surface area contributed by atoms with Crippen LogP contribution in [0.5, 0.6) is 0 Å². The molecule has 0 unspecified atom stereocenters. The Morgan fingerprint density at radius 3 is 2.74 bits per heavy atom. The number of piperidine rings is 1. The molecule has 0 spiro atoms. The second-order valence-electron chi connectivity index (χ2n) is 4.91. The highest BCUT2D eigenvalue weighted by atomic mass is 19.1. The molecule has 0 radical (unpaired) electrons. The molecule has 0 bridgehead atoms. The summed E-state index contributed by atoms with van der Waals surface area (Å²) in [6, 6.07) is 4.81. The van der Waals surface area contributed by atoms with Gasteiger partial charge in [-0.15, -0.1) is 0 Å². The fourth-order valence-corrected chi connectivity index (χ4v) is 2.37. The highest BCUT2D eigenvalue weighted by Crippen LogP contribution is 2.16. The highest BCUT2D eigenvalue weighted by Gasteiger charge is 2.12. The van der Waals surface area contributed by atoms with Gasteiger partial charge in [0, 0.05) is 18.5 Å². The average Bonchev–Trinajstić information content (AvgIpc) is 2.43. The highest BCUT2D eigenvalue weighted by molar-refractivity contribution is 5.41. The molecule has 1 saturated heterocycles. The van der Waals surface area contributed by atoms with Gasteiger partial charge in [-0.1, -0.05) is 24.3 Å². The standard InChI is InChI=1S/C16H20FNO/c17-16-8-7-15(13-18-9-3-1-4-10-18)14(12-16)6-2-5-11-19/h7-8,12,19H,1,3-5,9-11,13H2. The summed E-state index contributed by atoms with van der Waals surface area (Å²) in [5, 5.41) is 8.74. The van der Waals surface area contributed by atoms with E-state index >= 15 is 0 Å². The van der Waals surface area contributed by atoms with E-state index in [1.54, 1.807) is 0 Å². The Morgan fingerprint density at radius 1 is 1.21 bits per heavy atom. The van der Waals surface area contributed by atoms with Crippen LogP contribution in [-0.2, 0) is 6.54 Å². The van der Waals surface area contributed by atoms with Crippen LogP contribution in [0.2, 0.25) is 0 Å². The fraction of sp³-hybridized carbons (Fsp3) is 0.500. The lowest BCUT2D eigenvalue weighted by atomic mass is 10.0. The van der Waals surface area contributed by atoms with Crippen LogP contribution in [0.4, 0.5) is 4.39 Å². The molecule has 2 nitrogen and oxygen atoms in total. The van der Waals surface area contributed by atoms with E-state index in [2.05, 4.69) is 16.7 Å². The molecule has 1 aliphatic rings. The predicted molar refractivity (Wildman–Crippen MR) is 74.1 cm³/mol. The summed E-state index contributed by atoms with van der Waals surface area (Å²) in [4.78, 5) is 2.40. The molecular weight excluding hydrogens is 241 g/mol. The largest absolute Gasteiger partial charge is 0.395 e. The number of nitrogens with zero attached hydrogens (tertiary/aromatic N) is 1. The minimum Gasteiger partial charge on any atom is -0.395 e. The Morgan fingerprint density at radius 2 is 2.00 bits per heavy atom. The van der Waals surface area contributed by atoms with E-state index in [0.29, 0.717) is 6.42 Å². The monoisotopic (exact) mass is 261 g/mol. The van der Waals surface area contributed by atoms with E-state index in [1.165, 1.54) is 31.4 Å². The number of hydrogen-bond acceptors (Lipinski definition) is 2. The molecule has 1 N–H and O–H groups in total. The fourth-order valence-electron chi connectivity index (χ4n) is 2.37. The van der Waals surface area contributed by atoms with Crippen molar-refractivity contribution in [3.05, 3.63) is 35.1 Å². The average molecular weight is 261 g/mol. The Labute approximate surface area is 114 Å². The van der Waals surface area contributed by atoms with E-state index in [9.17, 15) is 4.39 Å². The number of hydrogen-bond donors (Lipinski definition) is 1. The van der Waals surface area contributed by atoms with Gasteiger partial charge in [-0.25, -0.2) is 4.39 Å². The number of aliphatic hydroxyl groups is 1. The van der Waals surface area contributed by atoms with E-state index in [1.807, 2.05) is 6.07 Å². The second kappa shape index (κ2) is 7.28. The van der Waals surface area contributed by atoms with Crippen molar-refractivity contribution < 1.29 is 9.50 Å². The zero-order chi connectivity index (χ0) is 13.5. The van der Waals surface area contributed by atoms with Crippen LogP contribution < -0.4 is 0 Å². The van der Waals surface area contributed by atoms with Crippen molar-refractivity contribution in [1.82, 2.24) is 4.90 Å². The van der Waals surface area contributed by atoms with Crippen LogP contribution in [0.25, 0.3) is 0 Å². The summed E-state index contributed by atoms with van der Waals surface area (Å²) >= 11 is 0. The summed E-state index contributed by atoms with van der Waals surface area (Å²) in [5.41, 5.74) is 1.83. The van der Waals surface area contributed by atoms with Crippen molar-refractivity contribution in [2.24, 2.45) is 0 Å². The van der Waals surface area contributed by atoms with Gasteiger partial charge in [0.05, 0.1) is 6.61 Å². The first-order valence-electron chi connectivity index (χ1n) is 6.90. The molecule has 1 fully saturated rings. The lowest BCUT2D eigenvalue weighted by Gasteiger charge is -2.26. The maximum absolute atomic E-state index is 13.3. The Hall–Kier alpha value is -1.37. The van der Waals surface area contributed by atoms with Gasteiger partial charge in [0.1, 0.15) is 5.82 Å². The summed E-state index contributed by atoms with van der Waals surface area (Å²) in [6.07, 6.45) is 4.22. The summed E-state index contributed by atoms with van der Waals surface area (Å²) in [7, 11) is 0. The molecule has 0 aromatic heterocycles. The third-order valence-electron chi connectivity index (χ3n) is 3.37. The zero-order valence-corrected chi connectivity index (χ0v) is 11.2. The van der Waals surface area contributed by atoms with Gasteiger partial charge in [0.15, 0.2) is 0 Å². The SMILES string of the molecule is OCCC#Cc1cc(F)ccc1CN1CCCCC1. The minimum absolute atomic E-state index is 0.0454. The molecule has 2 rings (SSSR count). The molecule has 1 aliphatic heterocycles. The summed E-state index contributed by atoms with van der Waals surface area (Å²) in [5.74, 6) is 5.58. The van der Waals surface area contributed by atoms with E-state index in [0.717, 1.165) is 30.8 Å². The van der Waals surface area contributed by atoms with Crippen LogP contribution >= 0.6 is 0 Å². The smallest absolute Gasteiger partial charge is 0.124 e. The first-order valence-corrected chi connectivity index (χ1v) is 6.90. The van der Waals surface area contributed by atoms with Crippen LogP contribution in [0.1, 0.15) is 36.8 Å². The van der Waals surface area contributed by atoms with Gasteiger partial charge >= 0.3 is 0 Å². The summed E-state index contributed by atoms with van der Waals surface area (Å²) in [6.45, 7) is 3.11. The van der Waals surface area contributed by atoms with Crippen molar-refractivity contribution in [3.8, 4) is 11.8 Å². The maximum Gasteiger partial charge on any atom is 0.124 e. The van der Waals surface area contributed by atoms with Gasteiger partial charge in [-0.2, -0.15) is 0 Å².